The van der Waals surface area contributed by atoms with Gasteiger partial charge >= 0.3 is 0 Å². The molecule has 2 aromatic rings. The molecule has 3 rings (SSSR count). The van der Waals surface area contributed by atoms with Crippen molar-refractivity contribution < 1.29 is 4.79 Å². The summed E-state index contributed by atoms with van der Waals surface area (Å²) in [4.78, 5) is 17.3. The fourth-order valence-corrected chi connectivity index (χ4v) is 1.84. The first-order chi connectivity index (χ1) is 7.34. The van der Waals surface area contributed by atoms with E-state index in [1.165, 1.54) is 0 Å². The molecule has 0 atom stereocenters. The zero-order chi connectivity index (χ0) is 10.3. The molecule has 1 aliphatic rings. The number of carbonyl (C=O) groups excluding carboxylic acids is 1. The minimum absolute atomic E-state index is 0.155. The predicted molar refractivity (Wildman–Crippen MR) is 54.6 cm³/mol. The standard InChI is InChI=1S/C10H10N4O/c15-10-2-1-6-13(10)9-4-3-8-11-5-7-14(8)12-9/h3-5,7H,1-2,6H2. The van der Waals surface area contributed by atoms with Crippen molar-refractivity contribution in [3.8, 4) is 0 Å². The molecule has 0 saturated carbocycles. The molecule has 1 aliphatic heterocycles. The van der Waals surface area contributed by atoms with Crippen LogP contribution >= 0.6 is 0 Å². The molecule has 0 spiro atoms. The highest BCUT2D eigenvalue weighted by molar-refractivity contribution is 5.94. The fourth-order valence-electron chi connectivity index (χ4n) is 1.84. The second-order valence-electron chi connectivity index (χ2n) is 3.57. The van der Waals surface area contributed by atoms with Gasteiger partial charge in [-0.15, -0.1) is 5.10 Å². The van der Waals surface area contributed by atoms with Gasteiger partial charge in [0.1, 0.15) is 0 Å². The summed E-state index contributed by atoms with van der Waals surface area (Å²) < 4.78 is 1.68. The zero-order valence-electron chi connectivity index (χ0n) is 8.13. The number of hydrogen-bond acceptors (Lipinski definition) is 3. The molecule has 5 heteroatoms. The lowest BCUT2D eigenvalue weighted by Crippen LogP contribution is -2.25. The van der Waals surface area contributed by atoms with Gasteiger partial charge in [0.2, 0.25) is 5.91 Å². The van der Waals surface area contributed by atoms with Crippen LogP contribution in [0, 0.1) is 0 Å². The van der Waals surface area contributed by atoms with Crippen molar-refractivity contribution in [2.45, 2.75) is 12.8 Å². The predicted octanol–water partition coefficient (Wildman–Crippen LogP) is 0.856. The van der Waals surface area contributed by atoms with E-state index in [0.29, 0.717) is 12.2 Å². The van der Waals surface area contributed by atoms with Crippen molar-refractivity contribution in [1.82, 2.24) is 14.6 Å². The molecule has 76 valence electrons. The molecule has 0 unspecified atom stereocenters. The number of hydrogen-bond donors (Lipinski definition) is 0. The van der Waals surface area contributed by atoms with Gasteiger partial charge in [-0.05, 0) is 18.6 Å². The van der Waals surface area contributed by atoms with Gasteiger partial charge in [-0.1, -0.05) is 0 Å². The topological polar surface area (TPSA) is 50.5 Å². The molecule has 2 aromatic heterocycles. The minimum atomic E-state index is 0.155. The Kier molecular flexibility index (Phi) is 1.71. The third kappa shape index (κ3) is 1.27. The number of fused-ring (bicyclic) bond motifs is 1. The van der Waals surface area contributed by atoms with Gasteiger partial charge in [0, 0.05) is 25.4 Å². The maximum absolute atomic E-state index is 11.5. The van der Waals surface area contributed by atoms with Crippen LogP contribution in [-0.2, 0) is 4.79 Å². The second kappa shape index (κ2) is 3.05. The molecule has 0 bridgehead atoms. The van der Waals surface area contributed by atoms with E-state index in [9.17, 15) is 4.79 Å². The Morgan fingerprint density at radius 2 is 2.27 bits per heavy atom. The Morgan fingerprint density at radius 1 is 1.33 bits per heavy atom. The smallest absolute Gasteiger partial charge is 0.228 e. The Bertz CT molecular complexity index is 519. The van der Waals surface area contributed by atoms with E-state index in [2.05, 4.69) is 10.1 Å². The SMILES string of the molecule is O=C1CCCN1c1ccc2nccn2n1. The monoisotopic (exact) mass is 202 g/mol. The van der Waals surface area contributed by atoms with Gasteiger partial charge < -0.3 is 0 Å². The van der Waals surface area contributed by atoms with Crippen molar-refractivity contribution in [3.05, 3.63) is 24.5 Å². The van der Waals surface area contributed by atoms with E-state index in [0.717, 1.165) is 18.6 Å². The molecule has 0 radical (unpaired) electrons. The molecule has 1 amide bonds. The van der Waals surface area contributed by atoms with E-state index in [1.807, 2.05) is 12.1 Å². The van der Waals surface area contributed by atoms with Crippen LogP contribution < -0.4 is 4.90 Å². The van der Waals surface area contributed by atoms with E-state index in [-0.39, 0.29) is 5.91 Å². The first-order valence-electron chi connectivity index (χ1n) is 4.95. The van der Waals surface area contributed by atoms with Gasteiger partial charge in [-0.2, -0.15) is 0 Å². The molecule has 3 heterocycles. The lowest BCUT2D eigenvalue weighted by atomic mass is 10.4. The molecule has 1 fully saturated rings. The zero-order valence-corrected chi connectivity index (χ0v) is 8.13. The van der Waals surface area contributed by atoms with Gasteiger partial charge in [-0.3, -0.25) is 9.69 Å². The van der Waals surface area contributed by atoms with Gasteiger partial charge in [0.25, 0.3) is 0 Å². The lowest BCUT2D eigenvalue weighted by molar-refractivity contribution is -0.117. The number of amides is 1. The molecule has 15 heavy (non-hydrogen) atoms. The van der Waals surface area contributed by atoms with Crippen molar-refractivity contribution in [2.24, 2.45) is 0 Å². The lowest BCUT2D eigenvalue weighted by Gasteiger charge is -2.13. The summed E-state index contributed by atoms with van der Waals surface area (Å²) in [5.41, 5.74) is 0.797. The summed E-state index contributed by atoms with van der Waals surface area (Å²) in [6, 6.07) is 3.71. The third-order valence-electron chi connectivity index (χ3n) is 2.59. The van der Waals surface area contributed by atoms with Gasteiger partial charge in [0.05, 0.1) is 0 Å². The average molecular weight is 202 g/mol. The van der Waals surface area contributed by atoms with Crippen LogP contribution in [0.1, 0.15) is 12.8 Å². The summed E-state index contributed by atoms with van der Waals surface area (Å²) in [6.45, 7) is 0.770. The van der Waals surface area contributed by atoms with E-state index in [4.69, 9.17) is 0 Å². The summed E-state index contributed by atoms with van der Waals surface area (Å²) in [5.74, 6) is 0.866. The Hall–Kier alpha value is -1.91. The molecule has 0 N–H and O–H groups in total. The van der Waals surface area contributed by atoms with Crippen LogP contribution in [-0.4, -0.2) is 27.0 Å². The Morgan fingerprint density at radius 3 is 3.07 bits per heavy atom. The van der Waals surface area contributed by atoms with Crippen molar-refractivity contribution >= 4 is 17.4 Å². The van der Waals surface area contributed by atoms with E-state index < -0.39 is 0 Å². The number of carbonyl (C=O) groups is 1. The third-order valence-corrected chi connectivity index (χ3v) is 2.59. The van der Waals surface area contributed by atoms with Crippen LogP contribution in [0.2, 0.25) is 0 Å². The maximum Gasteiger partial charge on any atom is 0.228 e. The molecule has 1 saturated heterocycles. The van der Waals surface area contributed by atoms with Gasteiger partial charge in [0.15, 0.2) is 11.5 Å². The average Bonchev–Trinajstić information content (AvgIpc) is 2.84. The first-order valence-corrected chi connectivity index (χ1v) is 4.95. The van der Waals surface area contributed by atoms with Crippen molar-refractivity contribution in [2.75, 3.05) is 11.4 Å². The number of rotatable bonds is 1. The number of nitrogens with zero attached hydrogens (tertiary/aromatic N) is 4. The highest BCUT2D eigenvalue weighted by Crippen LogP contribution is 2.18. The maximum atomic E-state index is 11.5. The number of anilines is 1. The summed E-state index contributed by atoms with van der Waals surface area (Å²) in [7, 11) is 0. The molecule has 0 aliphatic carbocycles. The molecular weight excluding hydrogens is 192 g/mol. The second-order valence-corrected chi connectivity index (χ2v) is 3.57. The summed E-state index contributed by atoms with van der Waals surface area (Å²) in [6.07, 6.45) is 5.02. The van der Waals surface area contributed by atoms with Crippen LogP contribution in [0.3, 0.4) is 0 Å². The normalized spacial score (nSPS) is 16.5. The van der Waals surface area contributed by atoms with E-state index >= 15 is 0 Å². The summed E-state index contributed by atoms with van der Waals surface area (Å²) >= 11 is 0. The Labute approximate surface area is 86.3 Å². The molecular formula is C10H10N4O. The number of imidazole rings is 1. The van der Waals surface area contributed by atoms with Crippen LogP contribution in [0.15, 0.2) is 24.5 Å². The minimum Gasteiger partial charge on any atom is -0.295 e. The highest BCUT2D eigenvalue weighted by Gasteiger charge is 2.22. The van der Waals surface area contributed by atoms with Gasteiger partial charge in [-0.25, -0.2) is 9.50 Å². The van der Waals surface area contributed by atoms with Crippen molar-refractivity contribution in [1.29, 1.82) is 0 Å². The molecule has 0 aromatic carbocycles. The number of aromatic nitrogens is 3. The molecule has 5 nitrogen and oxygen atoms in total. The highest BCUT2D eigenvalue weighted by atomic mass is 16.2. The Balaban J connectivity index is 2.06. The quantitative estimate of drug-likeness (QED) is 0.689. The van der Waals surface area contributed by atoms with Crippen molar-refractivity contribution in [3.63, 3.8) is 0 Å². The largest absolute Gasteiger partial charge is 0.295 e. The van der Waals surface area contributed by atoms with Crippen LogP contribution in [0.25, 0.3) is 5.65 Å². The van der Waals surface area contributed by atoms with Crippen LogP contribution in [0.5, 0.6) is 0 Å². The first kappa shape index (κ1) is 8.40. The van der Waals surface area contributed by atoms with E-state index in [1.54, 1.807) is 21.8 Å². The van der Waals surface area contributed by atoms with Crippen LogP contribution in [0.4, 0.5) is 5.82 Å². The fraction of sp³-hybridized carbons (Fsp3) is 0.300. The summed E-state index contributed by atoms with van der Waals surface area (Å²) in [5, 5.41) is 4.33.